The maximum absolute atomic E-state index is 2.45. The van der Waals surface area contributed by atoms with Crippen molar-refractivity contribution >= 4 is 54.7 Å². The minimum Gasteiger partial charge on any atom is -0.0795 e. The average molecular weight is 825 g/mol. The van der Waals surface area contributed by atoms with Gasteiger partial charge in [0, 0.05) is 5.41 Å². The van der Waals surface area contributed by atoms with E-state index in [1.165, 1.54) is 143 Å². The topological polar surface area (TPSA) is 0 Å². The highest BCUT2D eigenvalue weighted by atomic mass is 14.4. The van der Waals surface area contributed by atoms with Gasteiger partial charge >= 0.3 is 0 Å². The average Bonchev–Trinajstić information content (AvgIpc) is 3.59. The molecule has 0 heterocycles. The van der Waals surface area contributed by atoms with Crippen molar-refractivity contribution in [3.05, 3.63) is 228 Å². The summed E-state index contributed by atoms with van der Waals surface area (Å²) >= 11 is 0. The Hall–Kier alpha value is -7.80. The molecular weight excluding hydrogens is 781 g/mol. The Morgan fingerprint density at radius 2 is 0.831 bits per heavy atom. The van der Waals surface area contributed by atoms with Crippen LogP contribution in [0.15, 0.2) is 200 Å². The summed E-state index contributed by atoms with van der Waals surface area (Å²) in [6.07, 6.45) is 9.07. The molecule has 3 aliphatic rings. The standard InChI is InChI=1S/C65H44/c1-65(2)59-37-51(41-11-9-39(10-12-41)40-13-17-43(18-14-40)53-31-25-49-23-21-45-5-3-7-47-27-35-57(53)63(49)61(45)47)29-33-55(59)56-34-30-52(38-60(56)65)42-15-19-44(20-16-42)54-32-26-50-24-22-46-6-4-8-48-28-36-58(54)64(50)62(46)48/h3-6,8-34,36-38H,7,35H2,1-2H3. The molecule has 0 unspecified atom stereocenters. The molecular formula is C65H44. The quantitative estimate of drug-likeness (QED) is 0.152. The molecule has 0 atom stereocenters. The van der Waals surface area contributed by atoms with Gasteiger partial charge in [0.05, 0.1) is 0 Å². The molecule has 0 aromatic heterocycles. The number of benzene rings is 11. The van der Waals surface area contributed by atoms with Crippen LogP contribution in [0.5, 0.6) is 0 Å². The predicted molar refractivity (Wildman–Crippen MR) is 278 cm³/mol. The van der Waals surface area contributed by atoms with Gasteiger partial charge in [0.2, 0.25) is 0 Å². The second-order valence-electron chi connectivity index (χ2n) is 19.1. The van der Waals surface area contributed by atoms with Crippen LogP contribution < -0.4 is 0 Å². The van der Waals surface area contributed by atoms with Gasteiger partial charge in [-0.3, -0.25) is 0 Å². The summed E-state index contributed by atoms with van der Waals surface area (Å²) < 4.78 is 0. The van der Waals surface area contributed by atoms with E-state index >= 15 is 0 Å². The third-order valence-corrected chi connectivity index (χ3v) is 15.3. The zero-order valence-electron chi connectivity index (χ0n) is 36.5. The molecule has 11 aromatic rings. The number of hydrogen-bond acceptors (Lipinski definition) is 0. The highest BCUT2D eigenvalue weighted by molar-refractivity contribution is 6.25. The van der Waals surface area contributed by atoms with Gasteiger partial charge < -0.3 is 0 Å². The lowest BCUT2D eigenvalue weighted by atomic mass is 9.79. The first-order valence-corrected chi connectivity index (χ1v) is 23.2. The molecule has 0 aliphatic heterocycles. The smallest absolute Gasteiger partial charge is 0.0159 e. The van der Waals surface area contributed by atoms with E-state index in [-0.39, 0.29) is 5.41 Å². The fourth-order valence-electron chi connectivity index (χ4n) is 11.9. The van der Waals surface area contributed by atoms with Gasteiger partial charge in [-0.2, -0.15) is 0 Å². The van der Waals surface area contributed by atoms with Crippen LogP contribution in [0.2, 0.25) is 0 Å². The van der Waals surface area contributed by atoms with E-state index in [2.05, 4.69) is 220 Å². The zero-order valence-corrected chi connectivity index (χ0v) is 36.5. The van der Waals surface area contributed by atoms with Crippen molar-refractivity contribution in [2.75, 3.05) is 0 Å². The predicted octanol–water partition coefficient (Wildman–Crippen LogP) is 17.7. The second kappa shape index (κ2) is 13.6. The highest BCUT2D eigenvalue weighted by Gasteiger charge is 2.36. The molecule has 0 amide bonds. The van der Waals surface area contributed by atoms with Crippen molar-refractivity contribution < 1.29 is 0 Å². The van der Waals surface area contributed by atoms with Gasteiger partial charge in [0.25, 0.3) is 0 Å². The fourth-order valence-corrected chi connectivity index (χ4v) is 11.9. The summed E-state index contributed by atoms with van der Waals surface area (Å²) in [7, 11) is 0. The molecule has 0 bridgehead atoms. The van der Waals surface area contributed by atoms with Crippen molar-refractivity contribution in [1.29, 1.82) is 0 Å². The third-order valence-electron chi connectivity index (χ3n) is 15.3. The third kappa shape index (κ3) is 5.44. The van der Waals surface area contributed by atoms with Crippen LogP contribution in [0.25, 0.3) is 122 Å². The van der Waals surface area contributed by atoms with E-state index in [4.69, 9.17) is 0 Å². The van der Waals surface area contributed by atoms with E-state index in [1.807, 2.05) is 0 Å². The first kappa shape index (κ1) is 36.7. The summed E-state index contributed by atoms with van der Waals surface area (Å²) in [5.41, 5.74) is 23.7. The van der Waals surface area contributed by atoms with Gasteiger partial charge in [-0.15, -0.1) is 0 Å². The van der Waals surface area contributed by atoms with Crippen molar-refractivity contribution in [3.8, 4) is 66.8 Å². The molecule has 0 nitrogen and oxygen atoms in total. The molecule has 0 saturated carbocycles. The van der Waals surface area contributed by atoms with Crippen LogP contribution in [-0.4, -0.2) is 0 Å². The van der Waals surface area contributed by atoms with Crippen molar-refractivity contribution in [2.45, 2.75) is 32.1 Å². The van der Waals surface area contributed by atoms with Gasteiger partial charge in [0.1, 0.15) is 0 Å². The van der Waals surface area contributed by atoms with Crippen LogP contribution in [0.3, 0.4) is 0 Å². The Balaban J connectivity index is 0.726. The molecule has 0 fully saturated rings. The fraction of sp³-hybridized carbons (Fsp3) is 0.0769. The molecule has 65 heavy (non-hydrogen) atoms. The first-order chi connectivity index (χ1) is 31.9. The minimum absolute atomic E-state index is 0.126. The van der Waals surface area contributed by atoms with Crippen LogP contribution in [0.4, 0.5) is 0 Å². The zero-order chi connectivity index (χ0) is 43.0. The molecule has 0 radical (unpaired) electrons. The van der Waals surface area contributed by atoms with E-state index in [1.54, 1.807) is 0 Å². The maximum atomic E-state index is 2.45. The lowest BCUT2D eigenvalue weighted by molar-refractivity contribution is 0.661. The molecule has 3 aliphatic carbocycles. The van der Waals surface area contributed by atoms with Gasteiger partial charge in [-0.1, -0.05) is 208 Å². The van der Waals surface area contributed by atoms with Crippen molar-refractivity contribution in [1.82, 2.24) is 0 Å². The van der Waals surface area contributed by atoms with Crippen LogP contribution in [0.1, 0.15) is 48.1 Å². The lowest BCUT2D eigenvalue weighted by Gasteiger charge is -2.25. The van der Waals surface area contributed by atoms with Crippen LogP contribution in [-0.2, 0) is 11.8 Å². The molecule has 0 saturated heterocycles. The summed E-state index contributed by atoms with van der Waals surface area (Å²) in [4.78, 5) is 0. The number of allylic oxidation sites excluding steroid dienone is 3. The summed E-state index contributed by atoms with van der Waals surface area (Å²) in [6.45, 7) is 4.78. The number of fused-ring (bicyclic) bond motifs is 3. The van der Waals surface area contributed by atoms with Crippen LogP contribution >= 0.6 is 0 Å². The lowest BCUT2D eigenvalue weighted by Crippen LogP contribution is -2.15. The molecule has 14 rings (SSSR count). The molecule has 11 aromatic carbocycles. The minimum atomic E-state index is -0.126. The SMILES string of the molecule is CC1(C)c2cc(-c3ccc(-c4ccc(-c5ccc6ccc7c8c6c5CC=C8CC=C7)cc4)cc3)ccc2-c2ccc(-c3ccc(-c4ccc5ccc6cccc7ccc4c5c67)cc3)cc21. The Kier molecular flexibility index (Phi) is 7.67. The Morgan fingerprint density at radius 1 is 0.369 bits per heavy atom. The van der Waals surface area contributed by atoms with Crippen LogP contribution in [0, 0.1) is 0 Å². The number of hydrogen-bond donors (Lipinski definition) is 0. The van der Waals surface area contributed by atoms with E-state index in [0.29, 0.717) is 0 Å². The summed E-state index contributed by atoms with van der Waals surface area (Å²) in [5, 5.41) is 10.7. The molecule has 0 spiro atoms. The Bertz CT molecular complexity index is 3840. The van der Waals surface area contributed by atoms with E-state index in [0.717, 1.165) is 12.8 Å². The van der Waals surface area contributed by atoms with Gasteiger partial charge in [0.15, 0.2) is 0 Å². The van der Waals surface area contributed by atoms with E-state index < -0.39 is 0 Å². The monoisotopic (exact) mass is 824 g/mol. The van der Waals surface area contributed by atoms with Gasteiger partial charge in [-0.25, -0.2) is 0 Å². The van der Waals surface area contributed by atoms with Gasteiger partial charge in [-0.05, 0) is 168 Å². The highest BCUT2D eigenvalue weighted by Crippen LogP contribution is 2.51. The largest absolute Gasteiger partial charge is 0.0795 e. The molecule has 304 valence electrons. The molecule has 0 N–H and O–H groups in total. The normalized spacial score (nSPS) is 14.3. The maximum Gasteiger partial charge on any atom is 0.0159 e. The summed E-state index contributed by atoms with van der Waals surface area (Å²) in [5.74, 6) is 0. The Morgan fingerprint density at radius 3 is 1.46 bits per heavy atom. The Labute approximate surface area is 379 Å². The number of rotatable bonds is 5. The first-order valence-electron chi connectivity index (χ1n) is 23.2. The van der Waals surface area contributed by atoms with Crippen molar-refractivity contribution in [3.63, 3.8) is 0 Å². The van der Waals surface area contributed by atoms with Crippen molar-refractivity contribution in [2.24, 2.45) is 0 Å². The second-order valence-corrected chi connectivity index (χ2v) is 19.1. The molecule has 0 heteroatoms. The summed E-state index contributed by atoms with van der Waals surface area (Å²) in [6, 6.07) is 71.3. The van der Waals surface area contributed by atoms with E-state index in [9.17, 15) is 0 Å².